The molecule has 1 saturated heterocycles. The zero-order valence-electron chi connectivity index (χ0n) is 17.6. The summed E-state index contributed by atoms with van der Waals surface area (Å²) in [6, 6.07) is 10.2. The van der Waals surface area contributed by atoms with Crippen molar-refractivity contribution in [1.82, 2.24) is 0 Å². The summed E-state index contributed by atoms with van der Waals surface area (Å²) in [5, 5.41) is 10.5. The molecule has 2 rings (SSSR count). The van der Waals surface area contributed by atoms with Gasteiger partial charge in [-0.25, -0.2) is 0 Å². The van der Waals surface area contributed by atoms with Crippen LogP contribution in [0.25, 0.3) is 6.08 Å². The van der Waals surface area contributed by atoms with Gasteiger partial charge in [-0.1, -0.05) is 74.6 Å². The number of esters is 1. The van der Waals surface area contributed by atoms with Gasteiger partial charge in [-0.15, -0.1) is 0 Å². The second kappa shape index (κ2) is 13.5. The van der Waals surface area contributed by atoms with E-state index in [0.29, 0.717) is 12.8 Å². The molecule has 0 unspecified atom stereocenters. The molecule has 1 aromatic carbocycles. The molecule has 156 valence electrons. The van der Waals surface area contributed by atoms with Gasteiger partial charge < -0.3 is 9.84 Å². The van der Waals surface area contributed by atoms with E-state index in [4.69, 9.17) is 4.74 Å². The molecule has 1 aliphatic rings. The molecule has 0 radical (unpaired) electrons. The Morgan fingerprint density at radius 1 is 1.04 bits per heavy atom. The maximum absolute atomic E-state index is 12.3. The van der Waals surface area contributed by atoms with Gasteiger partial charge in [0.15, 0.2) is 0 Å². The van der Waals surface area contributed by atoms with Crippen molar-refractivity contribution in [3.05, 3.63) is 41.5 Å². The quantitative estimate of drug-likeness (QED) is 0.467. The SMILES string of the molecule is CCCCC[C@@H]1CCCCC[C@@H](O)C/C(=C/c2ccccc2)CCCC(=O)O1. The monoisotopic (exact) mass is 386 g/mol. The maximum atomic E-state index is 12.3. The van der Waals surface area contributed by atoms with Gasteiger partial charge in [-0.2, -0.15) is 0 Å². The van der Waals surface area contributed by atoms with Crippen LogP contribution in [0, 0.1) is 0 Å². The van der Waals surface area contributed by atoms with Crippen LogP contribution in [-0.4, -0.2) is 23.3 Å². The molecule has 28 heavy (non-hydrogen) atoms. The fourth-order valence-electron chi connectivity index (χ4n) is 3.94. The maximum Gasteiger partial charge on any atom is 0.306 e. The van der Waals surface area contributed by atoms with Crippen LogP contribution in [0.2, 0.25) is 0 Å². The highest BCUT2D eigenvalue weighted by atomic mass is 16.5. The van der Waals surface area contributed by atoms with E-state index in [2.05, 4.69) is 25.1 Å². The number of cyclic esters (lactones) is 1. The van der Waals surface area contributed by atoms with E-state index in [0.717, 1.165) is 63.4 Å². The third-order valence-corrected chi connectivity index (χ3v) is 5.54. The lowest BCUT2D eigenvalue weighted by Crippen LogP contribution is -2.19. The largest absolute Gasteiger partial charge is 0.462 e. The number of aliphatic hydroxyl groups excluding tert-OH is 1. The second-order valence-electron chi connectivity index (χ2n) is 8.17. The molecule has 1 heterocycles. The molecule has 0 amide bonds. The molecule has 3 nitrogen and oxygen atoms in total. The number of carbonyl (C=O) groups is 1. The lowest BCUT2D eigenvalue weighted by Gasteiger charge is -2.19. The summed E-state index contributed by atoms with van der Waals surface area (Å²) in [7, 11) is 0. The minimum atomic E-state index is -0.287. The number of aliphatic hydroxyl groups is 1. The van der Waals surface area contributed by atoms with Crippen molar-refractivity contribution < 1.29 is 14.6 Å². The Bertz CT molecular complexity index is 579. The average Bonchev–Trinajstić information content (AvgIpc) is 2.68. The number of benzene rings is 1. The molecule has 1 fully saturated rings. The van der Waals surface area contributed by atoms with Gasteiger partial charge >= 0.3 is 5.97 Å². The summed E-state index contributed by atoms with van der Waals surface area (Å²) in [6.45, 7) is 2.20. The molecule has 2 atom stereocenters. The fourth-order valence-corrected chi connectivity index (χ4v) is 3.94. The van der Waals surface area contributed by atoms with Gasteiger partial charge in [0.2, 0.25) is 0 Å². The summed E-state index contributed by atoms with van der Waals surface area (Å²) in [5.41, 5.74) is 2.38. The van der Waals surface area contributed by atoms with Crippen LogP contribution in [0.1, 0.15) is 96.0 Å². The van der Waals surface area contributed by atoms with Crippen molar-refractivity contribution in [3.63, 3.8) is 0 Å². The Morgan fingerprint density at radius 3 is 2.61 bits per heavy atom. The molecule has 0 aromatic heterocycles. The van der Waals surface area contributed by atoms with E-state index in [1.165, 1.54) is 18.4 Å². The molecule has 0 aliphatic carbocycles. The minimum absolute atomic E-state index is 0.0573. The molecule has 3 heteroatoms. The average molecular weight is 387 g/mol. The van der Waals surface area contributed by atoms with Gasteiger partial charge in [0.05, 0.1) is 6.10 Å². The number of carbonyl (C=O) groups excluding carboxylic acids is 1. The Morgan fingerprint density at radius 2 is 1.82 bits per heavy atom. The van der Waals surface area contributed by atoms with Crippen LogP contribution in [0.4, 0.5) is 0 Å². The van der Waals surface area contributed by atoms with Crippen molar-refractivity contribution >= 4 is 12.0 Å². The Labute approximate surface area is 171 Å². The van der Waals surface area contributed by atoms with Crippen molar-refractivity contribution in [2.45, 2.75) is 103 Å². The van der Waals surface area contributed by atoms with Crippen LogP contribution in [0.15, 0.2) is 35.9 Å². The topological polar surface area (TPSA) is 46.5 Å². The summed E-state index contributed by atoms with van der Waals surface area (Å²) in [4.78, 5) is 12.3. The summed E-state index contributed by atoms with van der Waals surface area (Å²) < 4.78 is 5.81. The first-order chi connectivity index (χ1) is 13.7. The van der Waals surface area contributed by atoms with Crippen molar-refractivity contribution in [2.75, 3.05) is 0 Å². The van der Waals surface area contributed by atoms with Crippen molar-refractivity contribution in [3.8, 4) is 0 Å². The summed E-state index contributed by atoms with van der Waals surface area (Å²) in [5.74, 6) is -0.0573. The minimum Gasteiger partial charge on any atom is -0.462 e. The summed E-state index contributed by atoms with van der Waals surface area (Å²) in [6.07, 6.45) is 14.3. The third-order valence-electron chi connectivity index (χ3n) is 5.54. The van der Waals surface area contributed by atoms with Crippen LogP contribution in [-0.2, 0) is 9.53 Å². The molecule has 1 aromatic rings. The van der Waals surface area contributed by atoms with Crippen molar-refractivity contribution in [1.29, 1.82) is 0 Å². The standard InChI is InChI=1S/C25H38O3/c1-2-3-6-16-24-17-10-5-9-15-23(26)20-22(14-11-18-25(27)28-24)19-21-12-7-4-8-13-21/h4,7-8,12-13,19,23-24,26H,2-3,5-6,9-11,14-18,20H2,1H3/b22-19+/t23-,24-/m1/s1. The molecule has 0 spiro atoms. The van der Waals surface area contributed by atoms with Gasteiger partial charge in [0.25, 0.3) is 0 Å². The number of ether oxygens (including phenoxy) is 1. The van der Waals surface area contributed by atoms with E-state index in [1.54, 1.807) is 0 Å². The van der Waals surface area contributed by atoms with Gasteiger partial charge in [0.1, 0.15) is 6.10 Å². The normalized spacial score (nSPS) is 24.5. The first-order valence-electron chi connectivity index (χ1n) is 11.3. The third kappa shape index (κ3) is 9.54. The number of hydrogen-bond acceptors (Lipinski definition) is 3. The summed E-state index contributed by atoms with van der Waals surface area (Å²) >= 11 is 0. The smallest absolute Gasteiger partial charge is 0.306 e. The zero-order valence-corrected chi connectivity index (χ0v) is 17.6. The molecule has 1 aliphatic heterocycles. The first-order valence-corrected chi connectivity index (χ1v) is 11.3. The second-order valence-corrected chi connectivity index (χ2v) is 8.17. The lowest BCUT2D eigenvalue weighted by atomic mass is 9.96. The van der Waals surface area contributed by atoms with Gasteiger partial charge in [-0.05, 0) is 56.9 Å². The molecular weight excluding hydrogens is 348 g/mol. The Kier molecular flexibility index (Phi) is 11.0. The number of rotatable bonds is 5. The van der Waals surface area contributed by atoms with Crippen molar-refractivity contribution in [2.24, 2.45) is 0 Å². The van der Waals surface area contributed by atoms with E-state index in [9.17, 15) is 9.90 Å². The van der Waals surface area contributed by atoms with Gasteiger partial charge in [0, 0.05) is 6.42 Å². The van der Waals surface area contributed by atoms with Crippen LogP contribution >= 0.6 is 0 Å². The van der Waals surface area contributed by atoms with Crippen LogP contribution < -0.4 is 0 Å². The van der Waals surface area contributed by atoms with Crippen LogP contribution in [0.3, 0.4) is 0 Å². The number of hydrogen-bond donors (Lipinski definition) is 1. The highest BCUT2D eigenvalue weighted by Gasteiger charge is 2.16. The van der Waals surface area contributed by atoms with E-state index in [1.807, 2.05) is 18.2 Å². The fraction of sp³-hybridized carbons (Fsp3) is 0.640. The molecule has 1 N–H and O–H groups in total. The Hall–Kier alpha value is -1.61. The lowest BCUT2D eigenvalue weighted by molar-refractivity contribution is -0.150. The Balaban J connectivity index is 1.97. The predicted octanol–water partition coefficient (Wildman–Crippen LogP) is 6.45. The highest BCUT2D eigenvalue weighted by Crippen LogP contribution is 2.23. The molecule has 0 saturated carbocycles. The zero-order chi connectivity index (χ0) is 20.0. The molecule has 0 bridgehead atoms. The highest BCUT2D eigenvalue weighted by molar-refractivity contribution is 5.69. The van der Waals surface area contributed by atoms with E-state index < -0.39 is 0 Å². The predicted molar refractivity (Wildman–Crippen MR) is 116 cm³/mol. The van der Waals surface area contributed by atoms with E-state index >= 15 is 0 Å². The number of unbranched alkanes of at least 4 members (excludes halogenated alkanes) is 2. The van der Waals surface area contributed by atoms with Gasteiger partial charge in [-0.3, -0.25) is 4.79 Å². The molecular formula is C25H38O3. The first kappa shape index (κ1) is 22.7. The van der Waals surface area contributed by atoms with E-state index in [-0.39, 0.29) is 18.2 Å². The van der Waals surface area contributed by atoms with Crippen LogP contribution in [0.5, 0.6) is 0 Å².